The van der Waals surface area contributed by atoms with Gasteiger partial charge in [-0.15, -0.1) is 11.3 Å². The Morgan fingerprint density at radius 3 is 2.90 bits per heavy atom. The predicted molar refractivity (Wildman–Crippen MR) is 87.7 cm³/mol. The van der Waals surface area contributed by atoms with Crippen LogP contribution in [0, 0.1) is 0 Å². The van der Waals surface area contributed by atoms with Gasteiger partial charge in [-0.1, -0.05) is 24.6 Å². The first-order valence-corrected chi connectivity index (χ1v) is 8.10. The maximum absolute atomic E-state index is 6.35. The summed E-state index contributed by atoms with van der Waals surface area (Å²) >= 11 is 7.98. The van der Waals surface area contributed by atoms with Crippen LogP contribution in [0.15, 0.2) is 29.1 Å². The van der Waals surface area contributed by atoms with Crippen molar-refractivity contribution >= 4 is 28.6 Å². The van der Waals surface area contributed by atoms with E-state index in [9.17, 15) is 0 Å². The molecule has 0 aliphatic carbocycles. The Bertz CT molecular complexity index is 528. The Hall–Kier alpha value is -1.10. The fourth-order valence-corrected chi connectivity index (χ4v) is 2.76. The normalized spacial score (nSPS) is 10.8. The van der Waals surface area contributed by atoms with Gasteiger partial charge < -0.3 is 10.2 Å². The summed E-state index contributed by atoms with van der Waals surface area (Å²) in [4.78, 5) is 6.46. The van der Waals surface area contributed by atoms with Crippen LogP contribution in [0.4, 0.5) is 5.69 Å². The number of nitrogens with zero attached hydrogens (tertiary/aromatic N) is 2. The summed E-state index contributed by atoms with van der Waals surface area (Å²) in [6.07, 6.45) is 1.13. The van der Waals surface area contributed by atoms with Gasteiger partial charge >= 0.3 is 0 Å². The van der Waals surface area contributed by atoms with Crippen LogP contribution in [0.2, 0.25) is 5.02 Å². The van der Waals surface area contributed by atoms with Gasteiger partial charge in [0.25, 0.3) is 0 Å². The quantitative estimate of drug-likeness (QED) is 0.785. The van der Waals surface area contributed by atoms with E-state index < -0.39 is 0 Å². The first kappa shape index (κ1) is 15.3. The number of rotatable bonds is 7. The summed E-state index contributed by atoms with van der Waals surface area (Å²) in [5, 5.41) is 6.26. The molecule has 0 unspecified atom stereocenters. The third kappa shape index (κ3) is 4.20. The third-order valence-electron chi connectivity index (χ3n) is 3.10. The zero-order chi connectivity index (χ0) is 14.4. The Morgan fingerprint density at radius 2 is 2.25 bits per heavy atom. The standard InChI is InChI=1S/C15H20ClN3S/c1-3-6-17-8-12-4-5-14(7-15(12)16)19(2)9-13-10-20-11-18-13/h4-5,7,10-11,17H,3,6,8-9H2,1-2H3. The molecule has 0 atom stereocenters. The maximum Gasteiger partial charge on any atom is 0.0795 e. The zero-order valence-corrected chi connectivity index (χ0v) is 13.5. The monoisotopic (exact) mass is 309 g/mol. The average Bonchev–Trinajstić information content (AvgIpc) is 2.93. The summed E-state index contributed by atoms with van der Waals surface area (Å²) in [6.45, 7) is 4.79. The van der Waals surface area contributed by atoms with Gasteiger partial charge in [-0.2, -0.15) is 0 Å². The van der Waals surface area contributed by atoms with Crippen molar-refractivity contribution in [3.05, 3.63) is 45.4 Å². The highest BCUT2D eigenvalue weighted by Crippen LogP contribution is 2.24. The molecule has 1 aromatic heterocycles. The second-order valence-electron chi connectivity index (χ2n) is 4.79. The van der Waals surface area contributed by atoms with Crippen LogP contribution in [0.5, 0.6) is 0 Å². The van der Waals surface area contributed by atoms with Gasteiger partial charge in [-0.25, -0.2) is 4.98 Å². The number of anilines is 1. The van der Waals surface area contributed by atoms with Gasteiger partial charge in [0.05, 0.1) is 17.7 Å². The van der Waals surface area contributed by atoms with Crippen LogP contribution in [0.25, 0.3) is 0 Å². The van der Waals surface area contributed by atoms with Crippen molar-refractivity contribution in [1.82, 2.24) is 10.3 Å². The first-order valence-electron chi connectivity index (χ1n) is 6.78. The summed E-state index contributed by atoms with van der Waals surface area (Å²) in [7, 11) is 2.06. The van der Waals surface area contributed by atoms with Crippen molar-refractivity contribution in [3.63, 3.8) is 0 Å². The molecule has 2 aromatic rings. The van der Waals surface area contributed by atoms with Crippen molar-refractivity contribution in [1.29, 1.82) is 0 Å². The van der Waals surface area contributed by atoms with E-state index in [1.807, 2.05) is 11.6 Å². The molecule has 0 fully saturated rings. The lowest BCUT2D eigenvalue weighted by Gasteiger charge is -2.19. The van der Waals surface area contributed by atoms with E-state index in [1.165, 1.54) is 0 Å². The molecule has 1 aromatic carbocycles. The Morgan fingerprint density at radius 1 is 1.40 bits per heavy atom. The molecule has 0 bridgehead atoms. The Kier molecular flexibility index (Phi) is 5.83. The molecule has 0 radical (unpaired) electrons. The summed E-state index contributed by atoms with van der Waals surface area (Å²) in [5.41, 5.74) is 5.20. The number of halogens is 1. The number of hydrogen-bond donors (Lipinski definition) is 1. The number of aromatic nitrogens is 1. The van der Waals surface area contributed by atoms with Gasteiger partial charge in [0, 0.05) is 29.7 Å². The third-order valence-corrected chi connectivity index (χ3v) is 4.09. The molecule has 20 heavy (non-hydrogen) atoms. The van der Waals surface area contributed by atoms with E-state index in [2.05, 4.69) is 46.7 Å². The smallest absolute Gasteiger partial charge is 0.0795 e. The van der Waals surface area contributed by atoms with Crippen molar-refractivity contribution in [2.75, 3.05) is 18.5 Å². The van der Waals surface area contributed by atoms with Gasteiger partial charge in [0.1, 0.15) is 0 Å². The number of nitrogens with one attached hydrogen (secondary N) is 1. The molecule has 5 heteroatoms. The average molecular weight is 310 g/mol. The van der Waals surface area contributed by atoms with Crippen LogP contribution < -0.4 is 10.2 Å². The van der Waals surface area contributed by atoms with Gasteiger partial charge in [0.15, 0.2) is 0 Å². The molecule has 0 saturated heterocycles. The van der Waals surface area contributed by atoms with Crippen LogP contribution in [0.3, 0.4) is 0 Å². The van der Waals surface area contributed by atoms with Gasteiger partial charge in [0.2, 0.25) is 0 Å². The summed E-state index contributed by atoms with van der Waals surface area (Å²) in [6, 6.07) is 6.23. The van der Waals surface area contributed by atoms with Crippen molar-refractivity contribution in [3.8, 4) is 0 Å². The van der Waals surface area contributed by atoms with E-state index in [-0.39, 0.29) is 0 Å². The van der Waals surface area contributed by atoms with Crippen LogP contribution in [-0.2, 0) is 13.1 Å². The highest BCUT2D eigenvalue weighted by molar-refractivity contribution is 7.07. The second kappa shape index (κ2) is 7.62. The molecule has 0 spiro atoms. The van der Waals surface area contributed by atoms with E-state index >= 15 is 0 Å². The largest absolute Gasteiger partial charge is 0.369 e. The van der Waals surface area contributed by atoms with Gasteiger partial charge in [-0.3, -0.25) is 0 Å². The van der Waals surface area contributed by atoms with Crippen molar-refractivity contribution < 1.29 is 0 Å². The van der Waals surface area contributed by atoms with Gasteiger partial charge in [-0.05, 0) is 30.7 Å². The van der Waals surface area contributed by atoms with E-state index in [4.69, 9.17) is 11.6 Å². The minimum Gasteiger partial charge on any atom is -0.369 e. The summed E-state index contributed by atoms with van der Waals surface area (Å²) < 4.78 is 0. The lowest BCUT2D eigenvalue weighted by Crippen LogP contribution is -2.17. The fourth-order valence-electron chi connectivity index (χ4n) is 1.97. The van der Waals surface area contributed by atoms with E-state index in [0.29, 0.717) is 0 Å². The van der Waals surface area contributed by atoms with Crippen LogP contribution in [0.1, 0.15) is 24.6 Å². The molecule has 0 aliphatic rings. The van der Waals surface area contributed by atoms with Crippen molar-refractivity contribution in [2.24, 2.45) is 0 Å². The van der Waals surface area contributed by atoms with Crippen LogP contribution in [-0.4, -0.2) is 18.6 Å². The number of thiazole rings is 1. The SMILES string of the molecule is CCCNCc1ccc(N(C)Cc2cscn2)cc1Cl. The lowest BCUT2D eigenvalue weighted by atomic mass is 10.2. The minimum absolute atomic E-state index is 0.799. The number of hydrogen-bond acceptors (Lipinski definition) is 4. The molecule has 1 heterocycles. The number of benzene rings is 1. The molecule has 0 amide bonds. The molecular weight excluding hydrogens is 290 g/mol. The highest BCUT2D eigenvalue weighted by Gasteiger charge is 2.07. The lowest BCUT2D eigenvalue weighted by molar-refractivity contribution is 0.675. The molecule has 0 aliphatic heterocycles. The maximum atomic E-state index is 6.35. The minimum atomic E-state index is 0.799. The van der Waals surface area contributed by atoms with Crippen molar-refractivity contribution in [2.45, 2.75) is 26.4 Å². The Labute approximate surface area is 129 Å². The molecule has 3 nitrogen and oxygen atoms in total. The molecular formula is C15H20ClN3S. The second-order valence-corrected chi connectivity index (χ2v) is 5.91. The fraction of sp³-hybridized carbons (Fsp3) is 0.400. The topological polar surface area (TPSA) is 28.2 Å². The first-order chi connectivity index (χ1) is 9.70. The molecule has 2 rings (SSSR count). The molecule has 108 valence electrons. The van der Waals surface area contributed by atoms with E-state index in [0.717, 1.165) is 48.0 Å². The zero-order valence-electron chi connectivity index (χ0n) is 11.9. The molecule has 0 saturated carbocycles. The highest BCUT2D eigenvalue weighted by atomic mass is 35.5. The Balaban J connectivity index is 2.00. The predicted octanol–water partition coefficient (Wildman–Crippen LogP) is 3.93. The summed E-state index contributed by atoms with van der Waals surface area (Å²) in [5.74, 6) is 0. The molecule has 1 N–H and O–H groups in total. The van der Waals surface area contributed by atoms with E-state index in [1.54, 1.807) is 11.3 Å². The van der Waals surface area contributed by atoms with Crippen LogP contribution >= 0.6 is 22.9 Å².